The average molecular weight is 392 g/mol. The van der Waals surface area contributed by atoms with Crippen LogP contribution < -0.4 is 10.1 Å². The molecule has 0 bridgehead atoms. The fourth-order valence-corrected chi connectivity index (χ4v) is 5.71. The van der Waals surface area contributed by atoms with Crippen molar-refractivity contribution >= 4 is 33.4 Å². The number of nitrogens with zero attached hydrogens (tertiary/aromatic N) is 3. The van der Waals surface area contributed by atoms with Gasteiger partial charge in [0, 0.05) is 17.4 Å². The minimum absolute atomic E-state index is 0.0384. The third kappa shape index (κ3) is 2.56. The average Bonchev–Trinajstić information content (AvgIpc) is 3.38. The van der Waals surface area contributed by atoms with Gasteiger partial charge in [-0.3, -0.25) is 4.79 Å². The highest BCUT2D eigenvalue weighted by atomic mass is 32.1. The first-order valence-corrected chi connectivity index (χ1v) is 10.9. The Bertz CT molecular complexity index is 1330. The maximum Gasteiger partial charge on any atom is 0.274 e. The molecule has 1 aromatic carbocycles. The van der Waals surface area contributed by atoms with E-state index in [-0.39, 0.29) is 5.56 Å². The van der Waals surface area contributed by atoms with Crippen molar-refractivity contribution in [3.8, 4) is 0 Å². The molecular formula is C23H25N3OS. The molecule has 144 valence electrons. The first kappa shape index (κ1) is 17.7. The topological polar surface area (TPSA) is 39.3 Å². The smallest absolute Gasteiger partial charge is 0.274 e. The van der Waals surface area contributed by atoms with Gasteiger partial charge in [-0.05, 0) is 81.5 Å². The van der Waals surface area contributed by atoms with Gasteiger partial charge in [0.05, 0.1) is 15.6 Å². The fourth-order valence-electron chi connectivity index (χ4n) is 4.73. The van der Waals surface area contributed by atoms with Gasteiger partial charge in [-0.2, -0.15) is 0 Å². The molecular weight excluding hydrogens is 366 g/mol. The van der Waals surface area contributed by atoms with Crippen LogP contribution in [0.5, 0.6) is 0 Å². The Morgan fingerprint density at radius 1 is 1.07 bits per heavy atom. The van der Waals surface area contributed by atoms with E-state index in [1.165, 1.54) is 59.5 Å². The van der Waals surface area contributed by atoms with Gasteiger partial charge in [0.2, 0.25) is 0 Å². The summed E-state index contributed by atoms with van der Waals surface area (Å²) in [6, 6.07) is 6.99. The largest absolute Gasteiger partial charge is 0.346 e. The summed E-state index contributed by atoms with van der Waals surface area (Å²) in [5, 5.41) is 0. The molecule has 1 aliphatic carbocycles. The van der Waals surface area contributed by atoms with Gasteiger partial charge in [-0.1, -0.05) is 24.2 Å². The number of fused-ring (bicyclic) bond motifs is 3. The quantitative estimate of drug-likeness (QED) is 0.501. The molecule has 4 nitrogen and oxygen atoms in total. The molecule has 0 N–H and O–H groups in total. The molecule has 0 saturated heterocycles. The number of rotatable bonds is 2. The monoisotopic (exact) mass is 391 g/mol. The van der Waals surface area contributed by atoms with Crippen LogP contribution in [0.25, 0.3) is 22.1 Å². The second kappa shape index (κ2) is 6.31. The van der Waals surface area contributed by atoms with Crippen molar-refractivity contribution in [3.05, 3.63) is 61.2 Å². The highest BCUT2D eigenvalue weighted by Crippen LogP contribution is 2.33. The number of hydrogen-bond acceptors (Lipinski definition) is 3. The second-order valence-electron chi connectivity index (χ2n) is 8.21. The maximum absolute atomic E-state index is 13.2. The van der Waals surface area contributed by atoms with Gasteiger partial charge >= 0.3 is 0 Å². The first-order valence-electron chi connectivity index (χ1n) is 10.1. The Hall–Kier alpha value is -2.40. The normalized spacial score (nSPS) is 16.2. The zero-order valence-corrected chi connectivity index (χ0v) is 17.7. The standard InChI is InChI=1S/C23H25N3OS/c1-13-9-19-20(10-14(13)2)26-22(27)21(28-23(26)24-19)12-17-11-15(3)25(16(17)4)18-7-5-6-8-18/h9-12,18H,5-8H2,1-4H3/b21-12-. The molecule has 0 atom stereocenters. The molecule has 1 aliphatic rings. The van der Waals surface area contributed by atoms with Gasteiger partial charge in [-0.25, -0.2) is 9.38 Å². The van der Waals surface area contributed by atoms with E-state index < -0.39 is 0 Å². The Balaban J connectivity index is 1.69. The van der Waals surface area contributed by atoms with Crippen LogP contribution in [0.1, 0.15) is 59.8 Å². The van der Waals surface area contributed by atoms with Crippen LogP contribution in [0, 0.1) is 27.7 Å². The van der Waals surface area contributed by atoms with Crippen molar-refractivity contribution in [2.24, 2.45) is 0 Å². The summed E-state index contributed by atoms with van der Waals surface area (Å²) < 4.78 is 5.01. The highest BCUT2D eigenvalue weighted by Gasteiger charge is 2.21. The number of benzene rings is 1. The summed E-state index contributed by atoms with van der Waals surface area (Å²) >= 11 is 1.49. The summed E-state index contributed by atoms with van der Waals surface area (Å²) in [6.07, 6.45) is 7.22. The Labute approximate surface area is 168 Å². The van der Waals surface area contributed by atoms with Gasteiger partial charge in [0.25, 0.3) is 5.56 Å². The molecule has 28 heavy (non-hydrogen) atoms. The predicted molar refractivity (Wildman–Crippen MR) is 117 cm³/mol. The summed E-state index contributed by atoms with van der Waals surface area (Å²) in [5.74, 6) is 0. The van der Waals surface area contributed by atoms with Gasteiger partial charge in [0.1, 0.15) is 0 Å². The van der Waals surface area contributed by atoms with E-state index in [0.29, 0.717) is 6.04 Å². The van der Waals surface area contributed by atoms with Crippen LogP contribution in [-0.2, 0) is 0 Å². The second-order valence-corrected chi connectivity index (χ2v) is 9.21. The SMILES string of the molecule is Cc1cc2nc3s/c(=C\c4cc(C)n(C5CCCC5)c4C)c(=O)n3c2cc1C. The summed E-state index contributed by atoms with van der Waals surface area (Å²) in [4.78, 5) is 18.6. The predicted octanol–water partition coefficient (Wildman–Crippen LogP) is 4.61. The van der Waals surface area contributed by atoms with Crippen molar-refractivity contribution < 1.29 is 0 Å². The van der Waals surface area contributed by atoms with E-state index in [0.717, 1.165) is 26.1 Å². The lowest BCUT2D eigenvalue weighted by atomic mass is 10.1. The van der Waals surface area contributed by atoms with E-state index in [2.05, 4.69) is 56.5 Å². The van der Waals surface area contributed by atoms with Gasteiger partial charge in [0.15, 0.2) is 4.96 Å². The molecule has 0 radical (unpaired) electrons. The number of thiazole rings is 1. The lowest BCUT2D eigenvalue weighted by molar-refractivity contribution is 0.500. The molecule has 4 aromatic rings. The molecule has 1 fully saturated rings. The van der Waals surface area contributed by atoms with Crippen LogP contribution >= 0.6 is 11.3 Å². The lowest BCUT2D eigenvalue weighted by Gasteiger charge is -2.17. The maximum atomic E-state index is 13.2. The van der Waals surface area contributed by atoms with E-state index in [4.69, 9.17) is 4.98 Å². The van der Waals surface area contributed by atoms with Crippen molar-refractivity contribution in [1.82, 2.24) is 14.0 Å². The minimum atomic E-state index is 0.0384. The number of hydrogen-bond donors (Lipinski definition) is 0. The van der Waals surface area contributed by atoms with E-state index in [9.17, 15) is 4.79 Å². The van der Waals surface area contributed by atoms with Crippen LogP contribution in [0.4, 0.5) is 0 Å². The van der Waals surface area contributed by atoms with Gasteiger partial charge in [-0.15, -0.1) is 0 Å². The summed E-state index contributed by atoms with van der Waals surface area (Å²) in [7, 11) is 0. The lowest BCUT2D eigenvalue weighted by Crippen LogP contribution is -2.22. The van der Waals surface area contributed by atoms with Crippen LogP contribution in [0.3, 0.4) is 0 Å². The van der Waals surface area contributed by atoms with Crippen LogP contribution in [0.2, 0.25) is 0 Å². The number of imidazole rings is 1. The summed E-state index contributed by atoms with van der Waals surface area (Å²) in [5.41, 5.74) is 7.96. The van der Waals surface area contributed by atoms with Crippen LogP contribution in [-0.4, -0.2) is 14.0 Å². The molecule has 0 amide bonds. The zero-order chi connectivity index (χ0) is 19.6. The Morgan fingerprint density at radius 3 is 2.54 bits per heavy atom. The third-order valence-corrected chi connectivity index (χ3v) is 7.32. The van der Waals surface area contributed by atoms with E-state index in [1.807, 2.05) is 0 Å². The molecule has 0 aliphatic heterocycles. The highest BCUT2D eigenvalue weighted by molar-refractivity contribution is 7.15. The van der Waals surface area contributed by atoms with Crippen LogP contribution in [0.15, 0.2) is 23.0 Å². The minimum Gasteiger partial charge on any atom is -0.346 e. The molecule has 5 rings (SSSR count). The number of aryl methyl sites for hydroxylation is 3. The molecule has 0 spiro atoms. The van der Waals surface area contributed by atoms with Crippen molar-refractivity contribution in [2.45, 2.75) is 59.4 Å². The van der Waals surface area contributed by atoms with E-state index >= 15 is 0 Å². The molecule has 1 saturated carbocycles. The van der Waals surface area contributed by atoms with Crippen molar-refractivity contribution in [1.29, 1.82) is 0 Å². The molecule has 3 heterocycles. The van der Waals surface area contributed by atoms with Gasteiger partial charge < -0.3 is 4.57 Å². The molecule has 3 aromatic heterocycles. The van der Waals surface area contributed by atoms with Crippen molar-refractivity contribution in [2.75, 3.05) is 0 Å². The fraction of sp³-hybridized carbons (Fsp3) is 0.391. The zero-order valence-electron chi connectivity index (χ0n) is 16.9. The molecule has 5 heteroatoms. The number of aromatic nitrogens is 3. The third-order valence-electron chi connectivity index (χ3n) is 6.35. The Morgan fingerprint density at radius 2 is 1.79 bits per heavy atom. The van der Waals surface area contributed by atoms with E-state index in [1.54, 1.807) is 4.40 Å². The Kier molecular flexibility index (Phi) is 3.98. The first-order chi connectivity index (χ1) is 13.4. The van der Waals surface area contributed by atoms with Crippen molar-refractivity contribution in [3.63, 3.8) is 0 Å². The molecule has 0 unspecified atom stereocenters. The summed E-state index contributed by atoms with van der Waals surface area (Å²) in [6.45, 7) is 8.53.